The van der Waals surface area contributed by atoms with Gasteiger partial charge in [-0.1, -0.05) is 41.9 Å². The van der Waals surface area contributed by atoms with Crippen molar-refractivity contribution in [2.24, 2.45) is 11.8 Å². The number of amides is 4. The number of esters is 1. The molecule has 2 aliphatic rings. The first-order valence-electron chi connectivity index (χ1n) is 12.4. The second-order valence-electron chi connectivity index (χ2n) is 9.74. The van der Waals surface area contributed by atoms with Crippen molar-refractivity contribution >= 4 is 47.1 Å². The molecule has 4 amide bonds. The van der Waals surface area contributed by atoms with Gasteiger partial charge in [-0.3, -0.25) is 24.6 Å². The van der Waals surface area contributed by atoms with E-state index >= 15 is 0 Å². The van der Waals surface area contributed by atoms with Crippen molar-refractivity contribution in [2.75, 3.05) is 33.1 Å². The number of likely N-dealkylation sites (N-methyl/N-ethyl adjacent to an activating group) is 1. The number of alkyl halides is 3. The Morgan fingerprint density at radius 2 is 1.67 bits per heavy atom. The third-order valence-corrected chi connectivity index (χ3v) is 7.26. The number of imide groups is 1. The Morgan fingerprint density at radius 1 is 1.10 bits per heavy atom. The van der Waals surface area contributed by atoms with Crippen molar-refractivity contribution < 1.29 is 47.0 Å². The average Bonchev–Trinajstić information content (AvgIpc) is 3.38. The van der Waals surface area contributed by atoms with Crippen molar-refractivity contribution in [3.8, 4) is 0 Å². The van der Waals surface area contributed by atoms with Crippen LogP contribution in [0.5, 0.6) is 0 Å². The number of methoxy groups -OCH3 is 1. The third kappa shape index (κ3) is 6.82. The lowest BCUT2D eigenvalue weighted by Crippen LogP contribution is -2.59. The summed E-state index contributed by atoms with van der Waals surface area (Å²) >= 11 is 5.90. The minimum absolute atomic E-state index is 0.0843. The number of anilines is 1. The lowest BCUT2D eigenvalue weighted by molar-refractivity contribution is -0.192. The summed E-state index contributed by atoms with van der Waals surface area (Å²) < 4.78 is 36.9. The molecule has 2 aliphatic heterocycles. The van der Waals surface area contributed by atoms with Crippen LogP contribution in [-0.4, -0.2) is 90.2 Å². The van der Waals surface area contributed by atoms with Crippen LogP contribution >= 0.6 is 11.6 Å². The van der Waals surface area contributed by atoms with Crippen LogP contribution in [0.3, 0.4) is 0 Å². The highest BCUT2D eigenvalue weighted by Gasteiger charge is 2.68. The van der Waals surface area contributed by atoms with Gasteiger partial charge in [0, 0.05) is 43.8 Å². The van der Waals surface area contributed by atoms with Crippen molar-refractivity contribution in [1.82, 2.24) is 15.1 Å². The van der Waals surface area contributed by atoms with E-state index in [9.17, 15) is 32.3 Å². The molecule has 11 nitrogen and oxygen atoms in total. The quantitative estimate of drug-likeness (QED) is 0.334. The second kappa shape index (κ2) is 12.8. The van der Waals surface area contributed by atoms with Crippen LogP contribution in [-0.2, 0) is 30.3 Å². The molecule has 0 radical (unpaired) electrons. The first-order chi connectivity index (χ1) is 19.6. The largest absolute Gasteiger partial charge is 0.490 e. The number of halogens is 4. The fourth-order valence-electron chi connectivity index (χ4n) is 5.08. The molecule has 2 heterocycles. The predicted molar refractivity (Wildman–Crippen MR) is 143 cm³/mol. The molecular formula is C27H28ClF3N4O7. The SMILES string of the molecule is COC(=O)[C@]1(Cc2ccccc2)N[C@H](CN(C)C(=O)Nc2ccc(Cl)cc2)[C@@H]2C(=O)N(C)C(=O)[C@@H]21.O=C(O)C(F)(F)F. The van der Waals surface area contributed by atoms with Crippen LogP contribution in [0, 0.1) is 11.8 Å². The Balaban J connectivity index is 0.000000616. The van der Waals surface area contributed by atoms with Gasteiger partial charge in [-0.05, 0) is 29.8 Å². The van der Waals surface area contributed by atoms with Gasteiger partial charge in [-0.15, -0.1) is 0 Å². The predicted octanol–water partition coefficient (Wildman–Crippen LogP) is 2.79. The number of carbonyl (C=O) groups excluding carboxylic acids is 4. The molecule has 2 aromatic rings. The number of carboxylic acids is 1. The first-order valence-corrected chi connectivity index (χ1v) is 12.8. The molecule has 0 bridgehead atoms. The van der Waals surface area contributed by atoms with Gasteiger partial charge in [0.15, 0.2) is 0 Å². The number of carbonyl (C=O) groups is 5. The van der Waals surface area contributed by atoms with Crippen molar-refractivity contribution in [3.05, 3.63) is 65.2 Å². The number of fused-ring (bicyclic) bond motifs is 1. The fourth-order valence-corrected chi connectivity index (χ4v) is 5.20. The Labute approximate surface area is 243 Å². The summed E-state index contributed by atoms with van der Waals surface area (Å²) in [7, 11) is 4.26. The van der Waals surface area contributed by atoms with E-state index in [0.29, 0.717) is 10.7 Å². The van der Waals surface area contributed by atoms with Crippen LogP contribution in [0.4, 0.5) is 23.7 Å². The summed E-state index contributed by atoms with van der Waals surface area (Å²) in [5, 5.41) is 13.7. The third-order valence-electron chi connectivity index (χ3n) is 7.01. The molecule has 0 aliphatic carbocycles. The zero-order chi connectivity index (χ0) is 31.4. The standard InChI is InChI=1S/C25H27ClN4O5.C2HF3O2/c1-29(24(34)27-17-11-9-16(26)10-12-17)14-18-19-20(22(32)30(2)21(19)31)25(28-18,23(33)35-3)13-15-7-5-4-6-8-15;3-2(4,5)1(6)7/h4-12,18-20,28H,13-14H2,1-3H3,(H,27,34);(H,6,7)/t18-,19+,20-,25-;/m1./s1. The van der Waals surface area contributed by atoms with Gasteiger partial charge in [-0.2, -0.15) is 13.2 Å². The topological polar surface area (TPSA) is 145 Å². The highest BCUT2D eigenvalue weighted by Crippen LogP contribution is 2.45. The number of carboxylic acid groups (broad SMARTS) is 1. The molecular weight excluding hydrogens is 585 g/mol. The van der Waals surface area contributed by atoms with Gasteiger partial charge < -0.3 is 20.1 Å². The van der Waals surface area contributed by atoms with E-state index in [1.165, 1.54) is 19.1 Å². The number of nitrogens with zero attached hydrogens (tertiary/aromatic N) is 2. The number of rotatable bonds is 6. The van der Waals surface area contributed by atoms with E-state index in [-0.39, 0.29) is 18.9 Å². The van der Waals surface area contributed by atoms with Gasteiger partial charge in [0.2, 0.25) is 11.8 Å². The molecule has 4 rings (SSSR count). The Kier molecular flexibility index (Phi) is 9.84. The Bertz CT molecular complexity index is 1340. The van der Waals surface area contributed by atoms with Crippen LogP contribution in [0.1, 0.15) is 5.56 Å². The van der Waals surface area contributed by atoms with Crippen molar-refractivity contribution in [3.63, 3.8) is 0 Å². The minimum Gasteiger partial charge on any atom is -0.475 e. The lowest BCUT2D eigenvalue weighted by atomic mass is 9.76. The minimum atomic E-state index is -5.08. The van der Waals surface area contributed by atoms with Gasteiger partial charge in [0.05, 0.1) is 18.9 Å². The van der Waals surface area contributed by atoms with Crippen LogP contribution in [0.2, 0.25) is 5.02 Å². The summed E-state index contributed by atoms with van der Waals surface area (Å²) in [4.78, 5) is 63.7. The average molecular weight is 613 g/mol. The van der Waals surface area contributed by atoms with E-state index in [2.05, 4.69) is 10.6 Å². The summed E-state index contributed by atoms with van der Waals surface area (Å²) in [6.07, 6.45) is -4.92. The summed E-state index contributed by atoms with van der Waals surface area (Å²) in [6, 6.07) is 14.9. The molecule has 15 heteroatoms. The molecule has 42 heavy (non-hydrogen) atoms. The number of hydrogen-bond acceptors (Lipinski definition) is 7. The number of aliphatic carboxylic acids is 1. The molecule has 0 spiro atoms. The van der Waals surface area contributed by atoms with Crippen LogP contribution in [0.25, 0.3) is 0 Å². The molecule has 0 aromatic heterocycles. The van der Waals surface area contributed by atoms with Crippen LogP contribution in [0.15, 0.2) is 54.6 Å². The van der Waals surface area contributed by atoms with E-state index in [4.69, 9.17) is 26.2 Å². The number of likely N-dealkylation sites (tertiary alicyclic amines) is 1. The fraction of sp³-hybridized carbons (Fsp3) is 0.370. The van der Waals surface area contributed by atoms with Crippen molar-refractivity contribution in [1.29, 1.82) is 0 Å². The van der Waals surface area contributed by atoms with Gasteiger partial charge in [0.25, 0.3) is 0 Å². The molecule has 226 valence electrons. The number of urea groups is 1. The number of hydrogen-bond donors (Lipinski definition) is 3. The molecule has 0 saturated carbocycles. The molecule has 2 fully saturated rings. The lowest BCUT2D eigenvalue weighted by Gasteiger charge is -2.32. The maximum absolute atomic E-state index is 13.2. The van der Waals surface area contributed by atoms with Gasteiger partial charge in [0.1, 0.15) is 5.54 Å². The molecule has 4 atom stereocenters. The second-order valence-corrected chi connectivity index (χ2v) is 10.2. The Hall–Kier alpha value is -4.17. The highest BCUT2D eigenvalue weighted by atomic mass is 35.5. The monoisotopic (exact) mass is 612 g/mol. The van der Waals surface area contributed by atoms with Crippen molar-refractivity contribution in [2.45, 2.75) is 24.2 Å². The number of nitrogens with one attached hydrogen (secondary N) is 2. The van der Waals surface area contributed by atoms with E-state index in [1.807, 2.05) is 30.3 Å². The number of ether oxygens (including phenoxy) is 1. The summed E-state index contributed by atoms with van der Waals surface area (Å²) in [6.45, 7) is 0.0843. The summed E-state index contributed by atoms with van der Waals surface area (Å²) in [5.74, 6) is -5.98. The maximum atomic E-state index is 13.2. The zero-order valence-corrected chi connectivity index (χ0v) is 23.4. The number of benzene rings is 2. The highest BCUT2D eigenvalue weighted by molar-refractivity contribution is 6.30. The smallest absolute Gasteiger partial charge is 0.475 e. The van der Waals surface area contributed by atoms with Gasteiger partial charge in [-0.25, -0.2) is 9.59 Å². The van der Waals surface area contributed by atoms with E-state index in [0.717, 1.165) is 10.5 Å². The molecule has 2 aromatic carbocycles. The Morgan fingerprint density at radius 3 is 2.19 bits per heavy atom. The maximum Gasteiger partial charge on any atom is 0.490 e. The zero-order valence-electron chi connectivity index (χ0n) is 22.6. The molecule has 3 N–H and O–H groups in total. The van der Waals surface area contributed by atoms with Gasteiger partial charge >= 0.3 is 24.1 Å². The molecule has 2 saturated heterocycles. The van der Waals surface area contributed by atoms with E-state index in [1.54, 1.807) is 31.3 Å². The first kappa shape index (κ1) is 32.3. The normalized spacial score (nSPS) is 23.0. The van der Waals surface area contributed by atoms with E-state index < -0.39 is 53.5 Å². The molecule has 0 unspecified atom stereocenters. The van der Waals surface area contributed by atoms with Crippen LogP contribution < -0.4 is 10.6 Å². The summed E-state index contributed by atoms with van der Waals surface area (Å²) in [5.41, 5.74) is -0.0760.